The van der Waals surface area contributed by atoms with Crippen molar-refractivity contribution in [1.82, 2.24) is 4.90 Å². The molecule has 1 saturated heterocycles. The number of Topliss-reactive ketones (excluding diaryl/α,β-unsaturated/α-hetero) is 2. The topological polar surface area (TPSA) is 108 Å². The molecule has 230 valence electrons. The first-order valence-corrected chi connectivity index (χ1v) is 16.3. The molecule has 7 nitrogen and oxygen atoms in total. The van der Waals surface area contributed by atoms with E-state index in [1.54, 1.807) is 4.90 Å². The molecule has 5 fully saturated rings. The van der Waals surface area contributed by atoms with Crippen molar-refractivity contribution in [1.29, 1.82) is 5.26 Å². The van der Waals surface area contributed by atoms with Gasteiger partial charge in [0.25, 0.3) is 0 Å². The van der Waals surface area contributed by atoms with E-state index >= 15 is 0 Å². The van der Waals surface area contributed by atoms with Crippen molar-refractivity contribution in [3.63, 3.8) is 0 Å². The van der Waals surface area contributed by atoms with Crippen molar-refractivity contribution in [2.24, 2.45) is 50.7 Å². The van der Waals surface area contributed by atoms with Crippen LogP contribution in [0.3, 0.4) is 0 Å². The minimum absolute atomic E-state index is 0.0242. The molecule has 0 spiro atoms. The highest BCUT2D eigenvalue weighted by molar-refractivity contribution is 6.04. The van der Waals surface area contributed by atoms with Crippen LogP contribution in [0.15, 0.2) is 11.6 Å². The van der Waals surface area contributed by atoms with Crippen molar-refractivity contribution >= 4 is 17.7 Å². The largest absolute Gasteiger partial charge is 0.465 e. The van der Waals surface area contributed by atoms with Crippen molar-refractivity contribution in [3.8, 4) is 6.07 Å². The standard InChI is InChI=1S/C35H50N2O5/c1-30(2)11-13-35(37(29(40)41)22-9-15-42-20-22)14-12-34(7)27(23(35)18-30)24(38)16-26-32(5)17-21(19-36)28(39)31(3,4)25(32)8-10-33(26,34)6/h17,22-23,25-27H,8-16,18,20H2,1-7H3,(H,40,41)/t22?,23-,25+,26-,27+,32+,33-,34-,35+/m1/s1. The van der Waals surface area contributed by atoms with Gasteiger partial charge in [0.15, 0.2) is 5.78 Å². The maximum Gasteiger partial charge on any atom is 0.408 e. The average Bonchev–Trinajstić information content (AvgIpc) is 3.42. The molecule has 1 amide bonds. The van der Waals surface area contributed by atoms with E-state index < -0.39 is 22.5 Å². The number of hydrogen-bond donors (Lipinski definition) is 1. The number of nitrogens with zero attached hydrogens (tertiary/aromatic N) is 2. The fourth-order valence-corrected chi connectivity index (χ4v) is 12.1. The van der Waals surface area contributed by atoms with Crippen LogP contribution < -0.4 is 0 Å². The maximum atomic E-state index is 14.8. The molecular weight excluding hydrogens is 528 g/mol. The van der Waals surface area contributed by atoms with E-state index in [1.807, 2.05) is 19.9 Å². The summed E-state index contributed by atoms with van der Waals surface area (Å²) in [4.78, 5) is 43.0. The fourth-order valence-electron chi connectivity index (χ4n) is 12.1. The zero-order valence-corrected chi connectivity index (χ0v) is 26.7. The Morgan fingerprint density at radius 3 is 2.29 bits per heavy atom. The number of amides is 1. The van der Waals surface area contributed by atoms with Crippen LogP contribution in [0.25, 0.3) is 0 Å². The van der Waals surface area contributed by atoms with Crippen LogP contribution in [0.5, 0.6) is 0 Å². The minimum atomic E-state index is -0.873. The van der Waals surface area contributed by atoms with E-state index in [2.05, 4.69) is 40.7 Å². The van der Waals surface area contributed by atoms with Crippen molar-refractivity contribution in [2.45, 2.75) is 118 Å². The summed E-state index contributed by atoms with van der Waals surface area (Å²) in [6, 6.07) is 2.05. The van der Waals surface area contributed by atoms with Gasteiger partial charge < -0.3 is 9.84 Å². The highest BCUT2D eigenvalue weighted by Crippen LogP contribution is 2.75. The third-order valence-corrected chi connectivity index (χ3v) is 14.4. The fraction of sp³-hybridized carbons (Fsp3) is 0.829. The van der Waals surface area contributed by atoms with E-state index in [4.69, 9.17) is 4.74 Å². The summed E-state index contributed by atoms with van der Waals surface area (Å²) in [6.07, 6.45) is 8.19. The van der Waals surface area contributed by atoms with Crippen LogP contribution in [0.4, 0.5) is 4.79 Å². The zero-order chi connectivity index (χ0) is 30.7. The predicted octanol–water partition coefficient (Wildman–Crippen LogP) is 6.81. The first-order chi connectivity index (χ1) is 19.5. The second-order valence-corrected chi connectivity index (χ2v) is 17.0. The lowest BCUT2D eigenvalue weighted by molar-refractivity contribution is -0.225. The van der Waals surface area contributed by atoms with Crippen LogP contribution >= 0.6 is 0 Å². The lowest BCUT2D eigenvalue weighted by Gasteiger charge is -2.72. The van der Waals surface area contributed by atoms with E-state index in [-0.39, 0.29) is 63.1 Å². The molecule has 7 heteroatoms. The molecule has 0 aromatic rings. The number of carbonyl (C=O) groups excluding carboxylic acids is 2. The molecule has 0 radical (unpaired) electrons. The van der Waals surface area contributed by atoms with Crippen LogP contribution in [-0.4, -0.2) is 52.5 Å². The Kier molecular flexibility index (Phi) is 6.51. The van der Waals surface area contributed by atoms with Gasteiger partial charge in [-0.2, -0.15) is 5.26 Å². The molecule has 1 heterocycles. The average molecular weight is 579 g/mol. The highest BCUT2D eigenvalue weighted by atomic mass is 16.5. The lowest BCUT2D eigenvalue weighted by atomic mass is 9.32. The molecule has 0 aromatic carbocycles. The molecular formula is C35H50N2O5. The van der Waals surface area contributed by atoms with Gasteiger partial charge in [0.05, 0.1) is 23.8 Å². The summed E-state index contributed by atoms with van der Waals surface area (Å²) >= 11 is 0. The number of carboxylic acid groups (broad SMARTS) is 1. The lowest BCUT2D eigenvalue weighted by Crippen LogP contribution is -2.73. The van der Waals surface area contributed by atoms with Crippen molar-refractivity contribution in [3.05, 3.63) is 11.6 Å². The van der Waals surface area contributed by atoms with Crippen molar-refractivity contribution < 1.29 is 24.2 Å². The second kappa shape index (κ2) is 9.16. The number of ketones is 2. The molecule has 42 heavy (non-hydrogen) atoms. The molecule has 6 rings (SSSR count). The summed E-state index contributed by atoms with van der Waals surface area (Å²) in [5.74, 6) is 0.0381. The summed E-state index contributed by atoms with van der Waals surface area (Å²) in [7, 11) is 0. The van der Waals surface area contributed by atoms with Gasteiger partial charge >= 0.3 is 6.09 Å². The Morgan fingerprint density at radius 2 is 1.67 bits per heavy atom. The van der Waals surface area contributed by atoms with Gasteiger partial charge in [-0.3, -0.25) is 14.5 Å². The first kappa shape index (κ1) is 29.9. The predicted molar refractivity (Wildman–Crippen MR) is 158 cm³/mol. The molecule has 1 unspecified atom stereocenters. The third kappa shape index (κ3) is 3.69. The number of carbonyl (C=O) groups is 3. The Hall–Kier alpha value is -2.20. The van der Waals surface area contributed by atoms with E-state index in [0.717, 1.165) is 44.9 Å². The SMILES string of the molecule is CC1(C)CC[C@]2(N(C(=O)O)C3CCOC3)CC[C@]3(C)[C@H](C(=O)C[C@@H]4[C@@]5(C)C=C(C#N)C(=O)C(C)(C)[C@@H]5CC[C@]43C)[C@H]2C1. The van der Waals surface area contributed by atoms with E-state index in [0.29, 0.717) is 26.1 Å². The normalized spacial score (nSPS) is 47.2. The quantitative estimate of drug-likeness (QED) is 0.386. The molecule has 1 N–H and O–H groups in total. The van der Waals surface area contributed by atoms with Gasteiger partial charge in [-0.25, -0.2) is 4.79 Å². The van der Waals surface area contributed by atoms with Gasteiger partial charge in [0.2, 0.25) is 0 Å². The molecule has 6 aliphatic rings. The Bertz CT molecular complexity index is 1290. The van der Waals surface area contributed by atoms with Crippen LogP contribution in [0, 0.1) is 62.1 Å². The first-order valence-electron chi connectivity index (χ1n) is 16.3. The Labute approximate surface area is 251 Å². The van der Waals surface area contributed by atoms with E-state index in [9.17, 15) is 24.8 Å². The number of allylic oxidation sites excluding steroid dienone is 2. The summed E-state index contributed by atoms with van der Waals surface area (Å²) in [5, 5.41) is 20.7. The number of rotatable bonds is 2. The third-order valence-electron chi connectivity index (χ3n) is 14.4. The van der Waals surface area contributed by atoms with Gasteiger partial charge in [0, 0.05) is 24.4 Å². The minimum Gasteiger partial charge on any atom is -0.465 e. The van der Waals surface area contributed by atoms with Gasteiger partial charge in [-0.15, -0.1) is 0 Å². The zero-order valence-electron chi connectivity index (χ0n) is 26.7. The van der Waals surface area contributed by atoms with Gasteiger partial charge in [0.1, 0.15) is 11.9 Å². The molecule has 0 aromatic heterocycles. The monoisotopic (exact) mass is 578 g/mol. The van der Waals surface area contributed by atoms with Crippen LogP contribution in [-0.2, 0) is 14.3 Å². The smallest absolute Gasteiger partial charge is 0.408 e. The second-order valence-electron chi connectivity index (χ2n) is 17.0. The Morgan fingerprint density at radius 1 is 0.976 bits per heavy atom. The van der Waals surface area contributed by atoms with Gasteiger partial charge in [-0.1, -0.05) is 54.5 Å². The van der Waals surface area contributed by atoms with Crippen LogP contribution in [0.1, 0.15) is 106 Å². The van der Waals surface area contributed by atoms with Crippen LogP contribution in [0.2, 0.25) is 0 Å². The Balaban J connectivity index is 1.47. The molecule has 0 bridgehead atoms. The van der Waals surface area contributed by atoms with Gasteiger partial charge in [-0.05, 0) is 90.8 Å². The highest BCUT2D eigenvalue weighted by Gasteiger charge is 2.73. The molecule has 1 aliphatic heterocycles. The number of hydrogen-bond acceptors (Lipinski definition) is 5. The molecule has 9 atom stereocenters. The maximum absolute atomic E-state index is 14.8. The number of fused-ring (bicyclic) bond motifs is 7. The number of ether oxygens (including phenoxy) is 1. The summed E-state index contributed by atoms with van der Waals surface area (Å²) in [6.45, 7) is 16.5. The molecule has 5 aliphatic carbocycles. The summed E-state index contributed by atoms with van der Waals surface area (Å²) < 4.78 is 5.71. The summed E-state index contributed by atoms with van der Waals surface area (Å²) in [5.41, 5.74) is -1.85. The van der Waals surface area contributed by atoms with E-state index in [1.165, 1.54) is 0 Å². The molecule has 4 saturated carbocycles. The van der Waals surface area contributed by atoms with Crippen molar-refractivity contribution in [2.75, 3.05) is 13.2 Å². The number of nitriles is 1.